The zero-order valence-electron chi connectivity index (χ0n) is 12.3. The van der Waals surface area contributed by atoms with Crippen LogP contribution in [0.4, 0.5) is 0 Å². The van der Waals surface area contributed by atoms with Crippen molar-refractivity contribution in [2.45, 2.75) is 39.2 Å². The molecule has 1 aromatic rings. The lowest BCUT2D eigenvalue weighted by Gasteiger charge is -2.29. The summed E-state index contributed by atoms with van der Waals surface area (Å²) in [5, 5.41) is 3.09. The molecule has 1 aromatic carbocycles. The molecule has 1 atom stereocenters. The van der Waals surface area contributed by atoms with Gasteiger partial charge in [0.1, 0.15) is 0 Å². The molecule has 0 aromatic heterocycles. The predicted octanol–water partition coefficient (Wildman–Crippen LogP) is 3.36. The van der Waals surface area contributed by atoms with Gasteiger partial charge in [-0.2, -0.15) is 0 Å². The molecule has 110 valence electrons. The molecule has 1 fully saturated rings. The normalized spacial score (nSPS) is 17.8. The van der Waals surface area contributed by atoms with Crippen molar-refractivity contribution in [3.63, 3.8) is 0 Å². The van der Waals surface area contributed by atoms with E-state index in [0.29, 0.717) is 5.56 Å². The summed E-state index contributed by atoms with van der Waals surface area (Å²) in [7, 11) is 0. The molecule has 1 heterocycles. The van der Waals surface area contributed by atoms with Crippen molar-refractivity contribution in [1.82, 2.24) is 10.2 Å². The van der Waals surface area contributed by atoms with E-state index in [9.17, 15) is 4.79 Å². The fourth-order valence-corrected chi connectivity index (χ4v) is 2.99. The lowest BCUT2D eigenvalue weighted by Crippen LogP contribution is -2.43. The largest absolute Gasteiger partial charge is 0.348 e. The van der Waals surface area contributed by atoms with Gasteiger partial charge in [-0.3, -0.25) is 4.79 Å². The van der Waals surface area contributed by atoms with Gasteiger partial charge >= 0.3 is 0 Å². The van der Waals surface area contributed by atoms with Gasteiger partial charge in [-0.25, -0.2) is 0 Å². The SMILES string of the molecule is Cc1ccc(C(=O)NC(C)CN2CCCCC2)cc1Br. The van der Waals surface area contributed by atoms with E-state index in [-0.39, 0.29) is 11.9 Å². The van der Waals surface area contributed by atoms with E-state index in [2.05, 4.69) is 33.1 Å². The minimum atomic E-state index is 0.00945. The van der Waals surface area contributed by atoms with Crippen LogP contribution in [-0.4, -0.2) is 36.5 Å². The number of likely N-dealkylation sites (tertiary alicyclic amines) is 1. The number of amides is 1. The Morgan fingerprint density at radius 3 is 2.70 bits per heavy atom. The molecule has 1 N–H and O–H groups in total. The first kappa shape index (κ1) is 15.5. The molecule has 3 nitrogen and oxygen atoms in total. The zero-order chi connectivity index (χ0) is 14.5. The third kappa shape index (κ3) is 4.32. The first-order valence-electron chi connectivity index (χ1n) is 7.35. The second-order valence-corrected chi connectivity index (χ2v) is 6.55. The van der Waals surface area contributed by atoms with Crippen molar-refractivity contribution in [1.29, 1.82) is 0 Å². The number of halogens is 1. The van der Waals surface area contributed by atoms with Crippen LogP contribution in [0, 0.1) is 6.92 Å². The summed E-state index contributed by atoms with van der Waals surface area (Å²) in [5.74, 6) is 0.00945. The average molecular weight is 339 g/mol. The minimum absolute atomic E-state index is 0.00945. The van der Waals surface area contributed by atoms with E-state index in [1.165, 1.54) is 19.3 Å². The summed E-state index contributed by atoms with van der Waals surface area (Å²) >= 11 is 3.47. The van der Waals surface area contributed by atoms with E-state index < -0.39 is 0 Å². The van der Waals surface area contributed by atoms with Crippen molar-refractivity contribution < 1.29 is 4.79 Å². The van der Waals surface area contributed by atoms with Crippen molar-refractivity contribution in [2.75, 3.05) is 19.6 Å². The lowest BCUT2D eigenvalue weighted by atomic mass is 10.1. The van der Waals surface area contributed by atoms with Crippen LogP contribution in [-0.2, 0) is 0 Å². The topological polar surface area (TPSA) is 32.3 Å². The number of nitrogens with one attached hydrogen (secondary N) is 1. The maximum atomic E-state index is 12.2. The van der Waals surface area contributed by atoms with Crippen molar-refractivity contribution in [2.24, 2.45) is 0 Å². The Morgan fingerprint density at radius 1 is 1.35 bits per heavy atom. The summed E-state index contributed by atoms with van der Waals surface area (Å²) in [4.78, 5) is 14.7. The van der Waals surface area contributed by atoms with Gasteiger partial charge in [-0.15, -0.1) is 0 Å². The van der Waals surface area contributed by atoms with Gasteiger partial charge in [0.15, 0.2) is 0 Å². The molecule has 0 radical (unpaired) electrons. The Bertz CT molecular complexity index is 470. The van der Waals surface area contributed by atoms with Gasteiger partial charge in [-0.05, 0) is 57.5 Å². The van der Waals surface area contributed by atoms with Crippen molar-refractivity contribution >= 4 is 21.8 Å². The maximum absolute atomic E-state index is 12.2. The van der Waals surface area contributed by atoms with Crippen LogP contribution in [0.2, 0.25) is 0 Å². The number of nitrogens with zero attached hydrogens (tertiary/aromatic N) is 1. The minimum Gasteiger partial charge on any atom is -0.348 e. The molecule has 1 amide bonds. The molecule has 20 heavy (non-hydrogen) atoms. The first-order valence-corrected chi connectivity index (χ1v) is 8.15. The van der Waals surface area contributed by atoms with Gasteiger partial charge in [0.05, 0.1) is 0 Å². The standard InChI is InChI=1S/C16H23BrN2O/c1-12-6-7-14(10-15(12)17)16(20)18-13(2)11-19-8-4-3-5-9-19/h6-7,10,13H,3-5,8-9,11H2,1-2H3,(H,18,20). The molecular weight excluding hydrogens is 316 g/mol. The third-order valence-corrected chi connectivity index (χ3v) is 4.65. The van der Waals surface area contributed by atoms with Crippen LogP contribution >= 0.6 is 15.9 Å². The Labute approximate surface area is 129 Å². The molecule has 0 saturated carbocycles. The van der Waals surface area contributed by atoms with E-state index in [1.807, 2.05) is 25.1 Å². The van der Waals surface area contributed by atoms with Crippen molar-refractivity contribution in [3.05, 3.63) is 33.8 Å². The highest BCUT2D eigenvalue weighted by Gasteiger charge is 2.15. The summed E-state index contributed by atoms with van der Waals surface area (Å²) in [6, 6.07) is 5.91. The average Bonchev–Trinajstić information content (AvgIpc) is 2.42. The molecular formula is C16H23BrN2O. The quantitative estimate of drug-likeness (QED) is 0.912. The Kier molecular flexibility index (Phi) is 5.61. The van der Waals surface area contributed by atoms with Crippen molar-refractivity contribution in [3.8, 4) is 0 Å². The smallest absolute Gasteiger partial charge is 0.251 e. The molecule has 1 unspecified atom stereocenters. The summed E-state index contributed by atoms with van der Waals surface area (Å²) in [5.41, 5.74) is 1.86. The highest BCUT2D eigenvalue weighted by molar-refractivity contribution is 9.10. The number of carbonyl (C=O) groups is 1. The van der Waals surface area contributed by atoms with E-state index in [1.54, 1.807) is 0 Å². The molecule has 0 aliphatic carbocycles. The zero-order valence-corrected chi connectivity index (χ0v) is 13.9. The molecule has 1 aliphatic heterocycles. The van der Waals surface area contributed by atoms with E-state index in [4.69, 9.17) is 0 Å². The van der Waals surface area contributed by atoms with Gasteiger partial charge in [0.25, 0.3) is 5.91 Å². The van der Waals surface area contributed by atoms with Crippen LogP contribution in [0.25, 0.3) is 0 Å². The van der Waals surface area contributed by atoms with E-state index >= 15 is 0 Å². The molecule has 2 rings (SSSR count). The van der Waals surface area contributed by atoms with Crippen LogP contribution in [0.15, 0.2) is 22.7 Å². The molecule has 0 bridgehead atoms. The lowest BCUT2D eigenvalue weighted by molar-refractivity contribution is 0.0925. The Morgan fingerprint density at radius 2 is 2.05 bits per heavy atom. The maximum Gasteiger partial charge on any atom is 0.251 e. The molecule has 1 saturated heterocycles. The van der Waals surface area contributed by atoms with Gasteiger partial charge in [0.2, 0.25) is 0 Å². The number of hydrogen-bond donors (Lipinski definition) is 1. The second kappa shape index (κ2) is 7.23. The van der Waals surface area contributed by atoms with Crippen LogP contribution in [0.5, 0.6) is 0 Å². The number of piperidine rings is 1. The Hall–Kier alpha value is -0.870. The number of hydrogen-bond acceptors (Lipinski definition) is 2. The number of benzene rings is 1. The monoisotopic (exact) mass is 338 g/mol. The molecule has 4 heteroatoms. The number of carbonyl (C=O) groups excluding carboxylic acids is 1. The number of aryl methyl sites for hydroxylation is 1. The summed E-state index contributed by atoms with van der Waals surface area (Å²) in [6.07, 6.45) is 3.91. The summed E-state index contributed by atoms with van der Waals surface area (Å²) in [6.45, 7) is 7.37. The first-order chi connectivity index (χ1) is 9.56. The van der Waals surface area contributed by atoms with E-state index in [0.717, 1.165) is 29.7 Å². The van der Waals surface area contributed by atoms with Gasteiger partial charge in [-0.1, -0.05) is 28.4 Å². The third-order valence-electron chi connectivity index (χ3n) is 3.79. The van der Waals surface area contributed by atoms with Gasteiger partial charge in [0, 0.05) is 22.6 Å². The fraction of sp³-hybridized carbons (Fsp3) is 0.562. The number of rotatable bonds is 4. The predicted molar refractivity (Wildman–Crippen MR) is 86.1 cm³/mol. The fourth-order valence-electron chi connectivity index (χ4n) is 2.62. The van der Waals surface area contributed by atoms with Crippen LogP contribution in [0.1, 0.15) is 42.1 Å². The van der Waals surface area contributed by atoms with Gasteiger partial charge < -0.3 is 10.2 Å². The molecule has 0 spiro atoms. The van der Waals surface area contributed by atoms with Crippen LogP contribution in [0.3, 0.4) is 0 Å². The van der Waals surface area contributed by atoms with Crippen LogP contribution < -0.4 is 5.32 Å². The second-order valence-electron chi connectivity index (χ2n) is 5.70. The molecule has 1 aliphatic rings. The highest BCUT2D eigenvalue weighted by atomic mass is 79.9. The Balaban J connectivity index is 1.87. The summed E-state index contributed by atoms with van der Waals surface area (Å²) < 4.78 is 0.980. The highest BCUT2D eigenvalue weighted by Crippen LogP contribution is 2.17.